The van der Waals surface area contributed by atoms with Gasteiger partial charge in [0.05, 0.1) is 6.61 Å². The summed E-state index contributed by atoms with van der Waals surface area (Å²) in [6, 6.07) is 4.35. The monoisotopic (exact) mass is 411 g/mol. The van der Waals surface area contributed by atoms with Crippen LogP contribution in [0.1, 0.15) is 50.1 Å². The molecule has 1 unspecified atom stereocenters. The maximum Gasteiger partial charge on any atom is 0.141 e. The molecular formula is C24H33N3O3. The molecule has 1 aromatic heterocycles. The van der Waals surface area contributed by atoms with E-state index in [4.69, 9.17) is 9.47 Å². The minimum absolute atomic E-state index is 0.201. The van der Waals surface area contributed by atoms with E-state index in [9.17, 15) is 5.11 Å². The van der Waals surface area contributed by atoms with Crippen LogP contribution in [0.5, 0.6) is 11.5 Å². The van der Waals surface area contributed by atoms with E-state index in [0.717, 1.165) is 56.2 Å². The largest absolute Gasteiger partial charge is 0.494 e. The first-order chi connectivity index (χ1) is 14.5. The number of likely N-dealkylation sites (tertiary alicyclic amines) is 1. The lowest BCUT2D eigenvalue weighted by Crippen LogP contribution is -2.58. The van der Waals surface area contributed by atoms with E-state index in [2.05, 4.69) is 28.9 Å². The van der Waals surface area contributed by atoms with Crippen molar-refractivity contribution in [2.24, 2.45) is 18.9 Å². The molecule has 2 bridgehead atoms. The number of hydrogen-bond acceptors (Lipinski definition) is 5. The van der Waals surface area contributed by atoms with Crippen LogP contribution in [0.2, 0.25) is 0 Å². The summed E-state index contributed by atoms with van der Waals surface area (Å²) in [6.07, 6.45) is 8.18. The second-order valence-electron chi connectivity index (χ2n) is 9.34. The molecule has 1 N–H and O–H groups in total. The predicted octanol–water partition coefficient (Wildman–Crippen LogP) is 3.26. The molecule has 0 radical (unpaired) electrons. The number of fused-ring (bicyclic) bond motifs is 3. The molecule has 0 amide bonds. The van der Waals surface area contributed by atoms with Crippen molar-refractivity contribution in [3.8, 4) is 11.5 Å². The first-order valence-electron chi connectivity index (χ1n) is 11.4. The topological polar surface area (TPSA) is 59.8 Å². The molecule has 2 aromatic rings. The van der Waals surface area contributed by atoms with Crippen molar-refractivity contribution in [1.82, 2.24) is 14.5 Å². The van der Waals surface area contributed by atoms with Crippen LogP contribution in [0, 0.1) is 11.8 Å². The fourth-order valence-corrected chi connectivity index (χ4v) is 5.92. The standard InChI is InChI=1S/C24H33N3O3/c1-4-29-21-11-17-10-16(2)30-22(17)12-18(21)13-27-14-19-6-5-7-20(15-27)24(19,28)23-25-8-9-26(23)3/h8-9,11-12,16,19-20,28H,4-7,10,13-15H2,1-3H3/t16-,19-,20+,24?/m1/s1. The summed E-state index contributed by atoms with van der Waals surface area (Å²) in [5.41, 5.74) is 1.60. The molecule has 1 aliphatic carbocycles. The van der Waals surface area contributed by atoms with Gasteiger partial charge in [-0.2, -0.15) is 0 Å². The molecule has 5 rings (SSSR count). The smallest absolute Gasteiger partial charge is 0.141 e. The van der Waals surface area contributed by atoms with Gasteiger partial charge in [-0.3, -0.25) is 4.90 Å². The highest BCUT2D eigenvalue weighted by Crippen LogP contribution is 2.49. The number of aromatic nitrogens is 2. The third-order valence-corrected chi connectivity index (χ3v) is 7.26. The fourth-order valence-electron chi connectivity index (χ4n) is 5.92. The van der Waals surface area contributed by atoms with Crippen molar-refractivity contribution in [1.29, 1.82) is 0 Å². The van der Waals surface area contributed by atoms with E-state index in [1.54, 1.807) is 6.20 Å². The Morgan fingerprint density at radius 2 is 2.03 bits per heavy atom. The van der Waals surface area contributed by atoms with Crippen molar-refractivity contribution >= 4 is 0 Å². The molecule has 6 heteroatoms. The predicted molar refractivity (Wildman–Crippen MR) is 115 cm³/mol. The van der Waals surface area contributed by atoms with Gasteiger partial charge in [-0.05, 0) is 38.8 Å². The average molecular weight is 412 g/mol. The normalized spacial score (nSPS) is 30.7. The molecule has 2 fully saturated rings. The number of hydrogen-bond donors (Lipinski definition) is 1. The Balaban J connectivity index is 1.40. The van der Waals surface area contributed by atoms with Crippen LogP contribution < -0.4 is 9.47 Å². The summed E-state index contributed by atoms with van der Waals surface area (Å²) in [6.45, 7) is 7.38. The van der Waals surface area contributed by atoms with Crippen molar-refractivity contribution in [3.05, 3.63) is 41.5 Å². The van der Waals surface area contributed by atoms with Gasteiger partial charge in [0.1, 0.15) is 29.0 Å². The Labute approximate surface area is 178 Å². The molecule has 3 aliphatic rings. The van der Waals surface area contributed by atoms with E-state index >= 15 is 0 Å². The molecule has 4 atom stereocenters. The maximum absolute atomic E-state index is 11.8. The average Bonchev–Trinajstić information content (AvgIpc) is 3.27. The lowest BCUT2D eigenvalue weighted by atomic mass is 9.65. The van der Waals surface area contributed by atoms with Crippen LogP contribution >= 0.6 is 0 Å². The van der Waals surface area contributed by atoms with Crippen LogP contribution in [0.4, 0.5) is 0 Å². The number of piperidine rings is 1. The Bertz CT molecular complexity index is 910. The van der Waals surface area contributed by atoms with Gasteiger partial charge in [0.25, 0.3) is 0 Å². The summed E-state index contributed by atoms with van der Waals surface area (Å²) >= 11 is 0. The second-order valence-corrected chi connectivity index (χ2v) is 9.34. The highest BCUT2D eigenvalue weighted by Gasteiger charge is 2.53. The molecule has 1 aromatic carbocycles. The highest BCUT2D eigenvalue weighted by molar-refractivity contribution is 5.48. The molecule has 1 saturated heterocycles. The Kier molecular flexibility index (Phi) is 5.02. The highest BCUT2D eigenvalue weighted by atomic mass is 16.5. The van der Waals surface area contributed by atoms with Crippen LogP contribution in [0.3, 0.4) is 0 Å². The van der Waals surface area contributed by atoms with Gasteiger partial charge in [-0.1, -0.05) is 6.42 Å². The summed E-state index contributed by atoms with van der Waals surface area (Å²) in [5.74, 6) is 3.21. The van der Waals surface area contributed by atoms with Gasteiger partial charge >= 0.3 is 0 Å². The minimum atomic E-state index is -0.827. The zero-order valence-corrected chi connectivity index (χ0v) is 18.3. The van der Waals surface area contributed by atoms with Crippen molar-refractivity contribution in [3.63, 3.8) is 0 Å². The van der Waals surface area contributed by atoms with Gasteiger partial charge in [0.2, 0.25) is 0 Å². The summed E-state index contributed by atoms with van der Waals surface area (Å²) in [4.78, 5) is 7.04. The molecule has 0 spiro atoms. The van der Waals surface area contributed by atoms with Gasteiger partial charge in [-0.25, -0.2) is 4.98 Å². The molecule has 30 heavy (non-hydrogen) atoms. The van der Waals surface area contributed by atoms with E-state index in [-0.39, 0.29) is 17.9 Å². The van der Waals surface area contributed by atoms with Crippen LogP contribution in [0.15, 0.2) is 24.5 Å². The lowest BCUT2D eigenvalue weighted by molar-refractivity contribution is -0.155. The third-order valence-electron chi connectivity index (χ3n) is 7.26. The van der Waals surface area contributed by atoms with Crippen LogP contribution in [0.25, 0.3) is 0 Å². The van der Waals surface area contributed by atoms with Crippen molar-refractivity contribution in [2.75, 3.05) is 19.7 Å². The SMILES string of the molecule is CCOc1cc2c(cc1CN1C[C@H]3CCC[C@@H](C1)C3(O)c1nccn1C)O[C@H](C)C2. The number of benzene rings is 1. The van der Waals surface area contributed by atoms with Crippen molar-refractivity contribution < 1.29 is 14.6 Å². The number of aryl methyl sites for hydroxylation is 1. The third kappa shape index (κ3) is 3.21. The number of aliphatic hydroxyl groups is 1. The fraction of sp³-hybridized carbons (Fsp3) is 0.625. The van der Waals surface area contributed by atoms with Crippen LogP contribution in [-0.2, 0) is 25.6 Å². The van der Waals surface area contributed by atoms with E-state index in [0.29, 0.717) is 6.61 Å². The molecule has 2 aliphatic heterocycles. The number of rotatable bonds is 5. The lowest BCUT2D eigenvalue weighted by Gasteiger charge is -2.52. The van der Waals surface area contributed by atoms with E-state index in [1.807, 2.05) is 24.7 Å². The van der Waals surface area contributed by atoms with Crippen molar-refractivity contribution in [2.45, 2.75) is 57.8 Å². The first-order valence-corrected chi connectivity index (χ1v) is 11.4. The Morgan fingerprint density at radius 1 is 1.27 bits per heavy atom. The Morgan fingerprint density at radius 3 is 2.70 bits per heavy atom. The van der Waals surface area contributed by atoms with Crippen LogP contribution in [-0.4, -0.2) is 45.4 Å². The van der Waals surface area contributed by atoms with Gasteiger partial charge in [0, 0.05) is 68.5 Å². The van der Waals surface area contributed by atoms with E-state index < -0.39 is 5.60 Å². The van der Waals surface area contributed by atoms with Gasteiger partial charge in [-0.15, -0.1) is 0 Å². The zero-order chi connectivity index (χ0) is 20.9. The van der Waals surface area contributed by atoms with E-state index in [1.165, 1.54) is 17.5 Å². The number of imidazole rings is 1. The summed E-state index contributed by atoms with van der Waals surface area (Å²) < 4.78 is 14.0. The molecule has 1 saturated carbocycles. The van der Waals surface area contributed by atoms with Gasteiger partial charge in [0.15, 0.2) is 0 Å². The minimum Gasteiger partial charge on any atom is -0.494 e. The molecular weight excluding hydrogens is 378 g/mol. The molecule has 6 nitrogen and oxygen atoms in total. The Hall–Kier alpha value is -2.05. The summed E-state index contributed by atoms with van der Waals surface area (Å²) in [5, 5.41) is 11.8. The molecule has 3 heterocycles. The number of ether oxygens (including phenoxy) is 2. The molecule has 162 valence electrons. The quantitative estimate of drug-likeness (QED) is 0.818. The van der Waals surface area contributed by atoms with Gasteiger partial charge < -0.3 is 19.1 Å². The zero-order valence-electron chi connectivity index (χ0n) is 18.3. The maximum atomic E-state index is 11.8. The number of nitrogens with zero attached hydrogens (tertiary/aromatic N) is 3. The first kappa shape index (κ1) is 19.9. The second kappa shape index (κ2) is 7.57. The summed E-state index contributed by atoms with van der Waals surface area (Å²) in [7, 11) is 1.99.